The summed E-state index contributed by atoms with van der Waals surface area (Å²) < 4.78 is 10.2. The predicted molar refractivity (Wildman–Crippen MR) is 70.9 cm³/mol. The van der Waals surface area contributed by atoms with E-state index in [1.54, 1.807) is 24.3 Å². The number of nitrogens with two attached hydrogens (primary N) is 1. The molecule has 1 aromatic rings. The molecule has 0 aliphatic carbocycles. The van der Waals surface area contributed by atoms with Gasteiger partial charge in [0.2, 0.25) is 0 Å². The number of hydrogen-bond acceptors (Lipinski definition) is 5. The van der Waals surface area contributed by atoms with Crippen LogP contribution in [0.5, 0.6) is 11.5 Å². The Kier molecular flexibility index (Phi) is 5.12. The number of primary amides is 1. The average Bonchev–Trinajstić information content (AvgIpc) is 2.43. The van der Waals surface area contributed by atoms with E-state index in [9.17, 15) is 9.59 Å². The average molecular weight is 275 g/mol. The van der Waals surface area contributed by atoms with Crippen LogP contribution in [0.25, 0.3) is 6.08 Å². The minimum atomic E-state index is -1.03. The first-order valence-electron chi connectivity index (χ1n) is 5.46. The molecule has 0 unspecified atom stereocenters. The summed E-state index contributed by atoms with van der Waals surface area (Å²) in [6, 6.07) is 5.53. The third-order valence-electron chi connectivity index (χ3n) is 2.34. The molecule has 0 aromatic heterocycles. The van der Waals surface area contributed by atoms with Crippen molar-refractivity contribution < 1.29 is 19.1 Å². The molecule has 7 nitrogen and oxygen atoms in total. The molecule has 7 heteroatoms. The maximum Gasteiger partial charge on any atom is 0.319 e. The normalized spacial score (nSPS) is 10.3. The fraction of sp³-hybridized carbons (Fsp3) is 0.154. The monoisotopic (exact) mass is 275 g/mol. The van der Waals surface area contributed by atoms with E-state index >= 15 is 0 Å². The Morgan fingerprint density at radius 1 is 1.35 bits per heavy atom. The number of amides is 3. The largest absolute Gasteiger partial charge is 0.497 e. The molecule has 0 radical (unpaired) electrons. The number of imide groups is 1. The molecule has 3 amide bonds. The van der Waals surface area contributed by atoms with Crippen LogP contribution in [0.4, 0.5) is 4.79 Å². The second kappa shape index (κ2) is 6.80. The molecule has 0 saturated carbocycles. The van der Waals surface area contributed by atoms with E-state index in [0.29, 0.717) is 17.1 Å². The van der Waals surface area contributed by atoms with Gasteiger partial charge in [-0.15, -0.1) is 0 Å². The van der Waals surface area contributed by atoms with Gasteiger partial charge in [0, 0.05) is 11.6 Å². The number of ether oxygens (including phenoxy) is 2. The van der Waals surface area contributed by atoms with Gasteiger partial charge in [-0.25, -0.2) is 4.79 Å². The number of urea groups is 1. The van der Waals surface area contributed by atoms with E-state index in [-0.39, 0.29) is 5.57 Å². The molecule has 3 N–H and O–H groups in total. The molecule has 0 aliphatic rings. The van der Waals surface area contributed by atoms with E-state index in [2.05, 4.69) is 0 Å². The first-order chi connectivity index (χ1) is 9.51. The predicted octanol–water partition coefficient (Wildman–Crippen LogP) is 0.806. The smallest absolute Gasteiger partial charge is 0.319 e. The standard InChI is InChI=1S/C13H13N3O4/c1-19-10-4-3-8(11(6-10)20-2)5-9(7-14)12(17)16-13(15)18/h3-6H,1-2H3,(H3,15,16,17,18)/b9-5-. The van der Waals surface area contributed by atoms with Gasteiger partial charge < -0.3 is 15.2 Å². The van der Waals surface area contributed by atoms with Crippen LogP contribution < -0.4 is 20.5 Å². The van der Waals surface area contributed by atoms with Gasteiger partial charge in [0.1, 0.15) is 23.1 Å². The number of methoxy groups -OCH3 is 2. The molecule has 0 spiro atoms. The van der Waals surface area contributed by atoms with Crippen molar-refractivity contribution in [3.05, 3.63) is 29.3 Å². The van der Waals surface area contributed by atoms with Crippen LogP contribution in [0.3, 0.4) is 0 Å². The Morgan fingerprint density at radius 2 is 2.05 bits per heavy atom. The number of benzene rings is 1. The molecule has 0 aliphatic heterocycles. The minimum Gasteiger partial charge on any atom is -0.497 e. The molecule has 0 heterocycles. The zero-order valence-electron chi connectivity index (χ0n) is 11.0. The van der Waals surface area contributed by atoms with E-state index in [0.717, 1.165) is 0 Å². The quantitative estimate of drug-likeness (QED) is 0.623. The summed E-state index contributed by atoms with van der Waals surface area (Å²) in [7, 11) is 2.95. The topological polar surface area (TPSA) is 114 Å². The summed E-state index contributed by atoms with van der Waals surface area (Å²) in [5, 5.41) is 10.8. The number of nitrogens with one attached hydrogen (secondary N) is 1. The third kappa shape index (κ3) is 3.74. The van der Waals surface area contributed by atoms with Crippen molar-refractivity contribution in [3.63, 3.8) is 0 Å². The lowest BCUT2D eigenvalue weighted by Gasteiger charge is -2.07. The van der Waals surface area contributed by atoms with Crippen LogP contribution in [0.15, 0.2) is 23.8 Å². The van der Waals surface area contributed by atoms with Crippen LogP contribution in [0, 0.1) is 11.3 Å². The highest BCUT2D eigenvalue weighted by atomic mass is 16.5. The highest BCUT2D eigenvalue weighted by Gasteiger charge is 2.12. The van der Waals surface area contributed by atoms with Crippen molar-refractivity contribution >= 4 is 18.0 Å². The Morgan fingerprint density at radius 3 is 2.55 bits per heavy atom. The van der Waals surface area contributed by atoms with Gasteiger partial charge in [0.05, 0.1) is 14.2 Å². The lowest BCUT2D eigenvalue weighted by atomic mass is 10.1. The number of nitriles is 1. The van der Waals surface area contributed by atoms with Crippen LogP contribution >= 0.6 is 0 Å². The molecule has 0 atom stereocenters. The van der Waals surface area contributed by atoms with Crippen molar-refractivity contribution in [2.24, 2.45) is 5.73 Å². The summed E-state index contributed by atoms with van der Waals surface area (Å²) in [5.74, 6) is 0.112. The highest BCUT2D eigenvalue weighted by Crippen LogP contribution is 2.26. The van der Waals surface area contributed by atoms with Gasteiger partial charge in [0.15, 0.2) is 0 Å². The fourth-order valence-electron chi connectivity index (χ4n) is 1.42. The molecule has 0 fully saturated rings. The lowest BCUT2D eigenvalue weighted by Crippen LogP contribution is -2.35. The van der Waals surface area contributed by atoms with Crippen LogP contribution in [0.2, 0.25) is 0 Å². The number of rotatable bonds is 4. The third-order valence-corrected chi connectivity index (χ3v) is 2.34. The second-order valence-electron chi connectivity index (χ2n) is 3.60. The van der Waals surface area contributed by atoms with Crippen molar-refractivity contribution in [2.75, 3.05) is 14.2 Å². The van der Waals surface area contributed by atoms with Crippen molar-refractivity contribution in [1.29, 1.82) is 5.26 Å². The molecule has 104 valence electrons. The summed E-state index contributed by atoms with van der Waals surface area (Å²) in [5.41, 5.74) is 5.04. The molecule has 0 bridgehead atoms. The summed E-state index contributed by atoms with van der Waals surface area (Å²) in [6.07, 6.45) is 1.29. The van der Waals surface area contributed by atoms with Crippen molar-refractivity contribution in [2.45, 2.75) is 0 Å². The van der Waals surface area contributed by atoms with Gasteiger partial charge in [-0.1, -0.05) is 0 Å². The maximum absolute atomic E-state index is 11.5. The van der Waals surface area contributed by atoms with Crippen molar-refractivity contribution in [3.8, 4) is 17.6 Å². The zero-order chi connectivity index (χ0) is 15.1. The molecule has 1 rings (SSSR count). The van der Waals surface area contributed by atoms with Gasteiger partial charge >= 0.3 is 6.03 Å². The summed E-state index contributed by atoms with van der Waals surface area (Å²) in [4.78, 5) is 22.1. The maximum atomic E-state index is 11.5. The zero-order valence-corrected chi connectivity index (χ0v) is 11.0. The van der Waals surface area contributed by atoms with Gasteiger partial charge in [-0.2, -0.15) is 5.26 Å². The van der Waals surface area contributed by atoms with Crippen LogP contribution in [-0.4, -0.2) is 26.2 Å². The first-order valence-corrected chi connectivity index (χ1v) is 5.46. The van der Waals surface area contributed by atoms with Crippen molar-refractivity contribution in [1.82, 2.24) is 5.32 Å². The molecule has 0 saturated heterocycles. The Hall–Kier alpha value is -3.01. The first kappa shape index (κ1) is 15.0. The van der Waals surface area contributed by atoms with E-state index in [1.165, 1.54) is 20.3 Å². The Balaban J connectivity index is 3.16. The fourth-order valence-corrected chi connectivity index (χ4v) is 1.42. The minimum absolute atomic E-state index is 0.271. The van der Waals surface area contributed by atoms with E-state index in [4.69, 9.17) is 20.5 Å². The number of carbonyl (C=O) groups excluding carboxylic acids is 2. The summed E-state index contributed by atoms with van der Waals surface area (Å²) >= 11 is 0. The summed E-state index contributed by atoms with van der Waals surface area (Å²) in [6.45, 7) is 0. The van der Waals surface area contributed by atoms with Crippen LogP contribution in [-0.2, 0) is 4.79 Å². The molecule has 20 heavy (non-hydrogen) atoms. The second-order valence-corrected chi connectivity index (χ2v) is 3.60. The van der Waals surface area contributed by atoms with Gasteiger partial charge in [-0.3, -0.25) is 10.1 Å². The number of hydrogen-bond donors (Lipinski definition) is 2. The van der Waals surface area contributed by atoms with Gasteiger partial charge in [-0.05, 0) is 18.2 Å². The molecular formula is C13H13N3O4. The molecule has 1 aromatic carbocycles. The van der Waals surface area contributed by atoms with Gasteiger partial charge in [0.25, 0.3) is 5.91 Å². The number of nitrogens with zero attached hydrogens (tertiary/aromatic N) is 1. The lowest BCUT2D eigenvalue weighted by molar-refractivity contribution is -0.115. The Labute approximate surface area is 115 Å². The number of carbonyl (C=O) groups is 2. The molecular weight excluding hydrogens is 262 g/mol. The van der Waals surface area contributed by atoms with Crippen LogP contribution in [0.1, 0.15) is 5.56 Å². The Bertz CT molecular complexity index is 602. The van der Waals surface area contributed by atoms with E-state index < -0.39 is 11.9 Å². The van der Waals surface area contributed by atoms with E-state index in [1.807, 2.05) is 5.32 Å². The SMILES string of the molecule is COc1ccc(/C=C(/C#N)C(=O)NC(N)=O)c(OC)c1. The highest BCUT2D eigenvalue weighted by molar-refractivity contribution is 6.08.